The fraction of sp³-hybridized carbons (Fsp3) is 0.462. The highest BCUT2D eigenvalue weighted by molar-refractivity contribution is 14.1. The van der Waals surface area contributed by atoms with Crippen molar-refractivity contribution in [3.63, 3.8) is 0 Å². The Bertz CT molecular complexity index is 374. The molecule has 1 atom stereocenters. The molecule has 92 valence electrons. The first-order valence-electron chi connectivity index (χ1n) is 5.93. The van der Waals surface area contributed by atoms with Crippen LogP contribution in [0.3, 0.4) is 0 Å². The monoisotopic (exact) mass is 344 g/mol. The molecule has 1 unspecified atom stereocenters. The summed E-state index contributed by atoms with van der Waals surface area (Å²) in [5.41, 5.74) is 1.11. The van der Waals surface area contributed by atoms with E-state index >= 15 is 0 Å². The summed E-state index contributed by atoms with van der Waals surface area (Å²) in [6, 6.07) is 10.0. The van der Waals surface area contributed by atoms with Crippen molar-refractivity contribution in [1.82, 2.24) is 8.01 Å². The fourth-order valence-corrected chi connectivity index (χ4v) is 2.49. The molecule has 0 bridgehead atoms. The van der Waals surface area contributed by atoms with Gasteiger partial charge in [0.25, 0.3) is 0 Å². The van der Waals surface area contributed by atoms with E-state index in [1.54, 1.807) is 0 Å². The van der Waals surface area contributed by atoms with Gasteiger partial charge in [0.1, 0.15) is 0 Å². The Morgan fingerprint density at radius 1 is 1.18 bits per heavy atom. The maximum Gasteiger partial charge on any atom is 0.229 e. The number of hydrogen-bond acceptors (Lipinski definition) is 2. The summed E-state index contributed by atoms with van der Waals surface area (Å²) in [5.74, 6) is 0.220. The number of benzene rings is 1. The quantitative estimate of drug-likeness (QED) is 0.607. The molecule has 0 aromatic heterocycles. The third kappa shape index (κ3) is 3.19. The average Bonchev–Trinajstić information content (AvgIpc) is 2.39. The van der Waals surface area contributed by atoms with Crippen molar-refractivity contribution in [3.8, 4) is 0 Å². The predicted molar refractivity (Wildman–Crippen MR) is 77.0 cm³/mol. The van der Waals surface area contributed by atoms with E-state index in [1.165, 1.54) is 0 Å². The molecule has 1 aliphatic rings. The molecule has 0 aliphatic carbocycles. The largest absolute Gasteiger partial charge is 0.340 e. The van der Waals surface area contributed by atoms with E-state index in [0.29, 0.717) is 0 Å². The molecule has 0 spiro atoms. The highest BCUT2D eigenvalue weighted by Gasteiger charge is 2.24. The van der Waals surface area contributed by atoms with Gasteiger partial charge in [0, 0.05) is 49.0 Å². The smallest absolute Gasteiger partial charge is 0.229 e. The summed E-state index contributed by atoms with van der Waals surface area (Å²) in [5, 5.41) is 0. The van der Waals surface area contributed by atoms with Gasteiger partial charge in [0.2, 0.25) is 5.91 Å². The molecule has 2 rings (SSSR count). The Kier molecular flexibility index (Phi) is 4.39. The second-order valence-electron chi connectivity index (χ2n) is 4.37. The number of hydrogen-bond donors (Lipinski definition) is 0. The Hall–Kier alpha value is -0.620. The van der Waals surface area contributed by atoms with Crippen molar-refractivity contribution < 1.29 is 4.79 Å². The summed E-state index contributed by atoms with van der Waals surface area (Å²) in [6.07, 6.45) is 0. The Morgan fingerprint density at radius 3 is 2.35 bits per heavy atom. The number of carbonyl (C=O) groups is 1. The Morgan fingerprint density at radius 2 is 1.76 bits per heavy atom. The van der Waals surface area contributed by atoms with Crippen LogP contribution in [-0.4, -0.2) is 40.1 Å². The lowest BCUT2D eigenvalue weighted by molar-refractivity contribution is -0.133. The van der Waals surface area contributed by atoms with Crippen molar-refractivity contribution in [3.05, 3.63) is 35.9 Å². The molecule has 1 heterocycles. The molecular formula is C13H17IN2O. The number of carbonyl (C=O) groups excluding carboxylic acids is 1. The van der Waals surface area contributed by atoms with Crippen molar-refractivity contribution >= 4 is 28.8 Å². The van der Waals surface area contributed by atoms with Gasteiger partial charge < -0.3 is 4.90 Å². The maximum atomic E-state index is 12.3. The van der Waals surface area contributed by atoms with Crippen LogP contribution < -0.4 is 0 Å². The lowest BCUT2D eigenvalue weighted by Crippen LogP contribution is -2.46. The SMILES string of the molecule is CC(C(=O)N1CCN(I)CC1)c1ccccc1. The first-order valence-corrected chi connectivity index (χ1v) is 6.89. The maximum absolute atomic E-state index is 12.3. The van der Waals surface area contributed by atoms with Gasteiger partial charge >= 0.3 is 0 Å². The van der Waals surface area contributed by atoms with Crippen LogP contribution in [0.25, 0.3) is 0 Å². The van der Waals surface area contributed by atoms with Gasteiger partial charge in [-0.1, -0.05) is 30.3 Å². The summed E-state index contributed by atoms with van der Waals surface area (Å²) < 4.78 is 2.23. The van der Waals surface area contributed by atoms with Crippen molar-refractivity contribution in [1.29, 1.82) is 0 Å². The van der Waals surface area contributed by atoms with Crippen molar-refractivity contribution in [2.24, 2.45) is 0 Å². The Balaban J connectivity index is 2.00. The van der Waals surface area contributed by atoms with Crippen LogP contribution in [0.15, 0.2) is 30.3 Å². The van der Waals surface area contributed by atoms with E-state index in [2.05, 4.69) is 26.0 Å². The lowest BCUT2D eigenvalue weighted by atomic mass is 9.99. The molecule has 1 amide bonds. The molecule has 1 aromatic carbocycles. The summed E-state index contributed by atoms with van der Waals surface area (Å²) in [6.45, 7) is 5.62. The van der Waals surface area contributed by atoms with Gasteiger partial charge in [-0.2, -0.15) is 0 Å². The highest BCUT2D eigenvalue weighted by atomic mass is 127. The number of rotatable bonds is 2. The van der Waals surface area contributed by atoms with Crippen LogP contribution in [0.2, 0.25) is 0 Å². The molecular weight excluding hydrogens is 327 g/mol. The zero-order valence-corrected chi connectivity index (χ0v) is 12.1. The molecule has 0 N–H and O–H groups in total. The van der Waals surface area contributed by atoms with Gasteiger partial charge in [0.05, 0.1) is 5.92 Å². The highest BCUT2D eigenvalue weighted by Crippen LogP contribution is 2.19. The van der Waals surface area contributed by atoms with E-state index < -0.39 is 0 Å². The summed E-state index contributed by atoms with van der Waals surface area (Å²) >= 11 is 2.31. The number of nitrogens with zero attached hydrogens (tertiary/aromatic N) is 2. The second-order valence-corrected chi connectivity index (χ2v) is 5.73. The standard InChI is InChI=1S/C13H17IN2O/c1-11(12-5-3-2-4-6-12)13(17)15-7-9-16(14)10-8-15/h2-6,11H,7-10H2,1H3. The predicted octanol–water partition coefficient (Wildman–Crippen LogP) is 2.28. The summed E-state index contributed by atoms with van der Waals surface area (Å²) in [4.78, 5) is 14.3. The van der Waals surface area contributed by atoms with E-state index in [1.807, 2.05) is 42.2 Å². The van der Waals surface area contributed by atoms with E-state index in [9.17, 15) is 4.79 Å². The van der Waals surface area contributed by atoms with Gasteiger partial charge in [-0.25, -0.2) is 3.11 Å². The zero-order chi connectivity index (χ0) is 12.3. The molecule has 1 saturated heterocycles. The minimum Gasteiger partial charge on any atom is -0.340 e. The molecule has 3 nitrogen and oxygen atoms in total. The van der Waals surface area contributed by atoms with Crippen molar-refractivity contribution in [2.75, 3.05) is 26.2 Å². The van der Waals surface area contributed by atoms with Crippen molar-refractivity contribution in [2.45, 2.75) is 12.8 Å². The number of piperazine rings is 1. The Labute approximate surface area is 116 Å². The molecule has 1 aromatic rings. The third-order valence-electron chi connectivity index (χ3n) is 3.21. The van der Waals surface area contributed by atoms with Gasteiger partial charge in [0.15, 0.2) is 0 Å². The lowest BCUT2D eigenvalue weighted by Gasteiger charge is -2.33. The van der Waals surface area contributed by atoms with Gasteiger partial charge in [-0.15, -0.1) is 0 Å². The van der Waals surface area contributed by atoms with Crippen LogP contribution in [0.5, 0.6) is 0 Å². The van der Waals surface area contributed by atoms with Crippen LogP contribution in [0, 0.1) is 0 Å². The minimum absolute atomic E-state index is 0.0306. The van der Waals surface area contributed by atoms with Crippen LogP contribution in [0.1, 0.15) is 18.4 Å². The van der Waals surface area contributed by atoms with Crippen LogP contribution in [0.4, 0.5) is 0 Å². The molecule has 4 heteroatoms. The van der Waals surface area contributed by atoms with E-state index in [-0.39, 0.29) is 11.8 Å². The third-order valence-corrected chi connectivity index (χ3v) is 4.17. The summed E-state index contributed by atoms with van der Waals surface area (Å²) in [7, 11) is 0. The van der Waals surface area contributed by atoms with E-state index in [4.69, 9.17) is 0 Å². The molecule has 1 aliphatic heterocycles. The molecule has 0 saturated carbocycles. The van der Waals surface area contributed by atoms with Gasteiger partial charge in [-0.05, 0) is 12.5 Å². The molecule has 1 fully saturated rings. The van der Waals surface area contributed by atoms with Crippen LogP contribution in [-0.2, 0) is 4.79 Å². The topological polar surface area (TPSA) is 23.6 Å². The zero-order valence-electron chi connectivity index (χ0n) is 9.97. The average molecular weight is 344 g/mol. The minimum atomic E-state index is -0.0306. The number of halogens is 1. The normalized spacial score (nSPS) is 19.1. The fourth-order valence-electron chi connectivity index (χ4n) is 2.06. The number of amides is 1. The van der Waals surface area contributed by atoms with Gasteiger partial charge in [-0.3, -0.25) is 4.79 Å². The first kappa shape index (κ1) is 12.8. The second kappa shape index (κ2) is 5.82. The molecule has 0 radical (unpaired) electrons. The van der Waals surface area contributed by atoms with Crippen LogP contribution >= 0.6 is 22.9 Å². The van der Waals surface area contributed by atoms with E-state index in [0.717, 1.165) is 31.7 Å². The first-order chi connectivity index (χ1) is 8.18. The molecule has 17 heavy (non-hydrogen) atoms.